The van der Waals surface area contributed by atoms with Crippen molar-refractivity contribution < 1.29 is 4.79 Å². The number of nitrogens with zero attached hydrogens (tertiary/aromatic N) is 1. The fourth-order valence-corrected chi connectivity index (χ4v) is 2.04. The Balaban J connectivity index is 2.00. The number of rotatable bonds is 2. The molecule has 7 heteroatoms. The van der Waals surface area contributed by atoms with Crippen molar-refractivity contribution in [3.8, 4) is 0 Å². The van der Waals surface area contributed by atoms with Crippen molar-refractivity contribution in [1.29, 1.82) is 0 Å². The zero-order chi connectivity index (χ0) is 14.5. The van der Waals surface area contributed by atoms with Gasteiger partial charge in [-0.15, -0.1) is 0 Å². The van der Waals surface area contributed by atoms with Crippen LogP contribution in [0.2, 0.25) is 5.15 Å². The van der Waals surface area contributed by atoms with E-state index < -0.39 is 0 Å². The minimum atomic E-state index is -0.296. The zero-order valence-corrected chi connectivity index (χ0v) is 13.2. The molecule has 0 bridgehead atoms. The summed E-state index contributed by atoms with van der Waals surface area (Å²) in [6, 6.07) is 10.4. The van der Waals surface area contributed by atoms with Gasteiger partial charge in [-0.25, -0.2) is 4.98 Å². The topological polar surface area (TPSA) is 54.0 Å². The third kappa shape index (κ3) is 4.00. The Morgan fingerprint density at radius 1 is 1.25 bits per heavy atom. The Hall–Kier alpha value is -1.50. The number of carbonyl (C=O) groups is 1. The van der Waals surface area contributed by atoms with Crippen LogP contribution in [0, 0.1) is 0 Å². The van der Waals surface area contributed by atoms with Crippen molar-refractivity contribution in [3.63, 3.8) is 0 Å². The molecule has 0 radical (unpaired) electrons. The van der Waals surface area contributed by atoms with Crippen molar-refractivity contribution >= 4 is 56.5 Å². The third-order valence-corrected chi connectivity index (χ3v) is 3.37. The van der Waals surface area contributed by atoms with Crippen molar-refractivity contribution in [2.45, 2.75) is 0 Å². The molecule has 1 aromatic carbocycles. The quantitative estimate of drug-likeness (QED) is 0.626. The minimum absolute atomic E-state index is 0.160. The lowest BCUT2D eigenvalue weighted by Gasteiger charge is -2.10. The van der Waals surface area contributed by atoms with E-state index in [0.29, 0.717) is 11.3 Å². The monoisotopic (exact) mass is 369 g/mol. The fourth-order valence-electron chi connectivity index (χ4n) is 1.41. The van der Waals surface area contributed by atoms with Crippen LogP contribution in [0.4, 0.5) is 5.69 Å². The maximum absolute atomic E-state index is 11.9. The molecule has 0 unspecified atom stereocenters. The molecule has 0 saturated carbocycles. The smallest absolute Gasteiger partial charge is 0.257 e. The van der Waals surface area contributed by atoms with Gasteiger partial charge in [-0.05, 0) is 48.6 Å². The molecule has 0 fully saturated rings. The van der Waals surface area contributed by atoms with Crippen molar-refractivity contribution in [1.82, 2.24) is 10.3 Å². The molecule has 102 valence electrons. The maximum atomic E-state index is 11.9. The van der Waals surface area contributed by atoms with Gasteiger partial charge in [-0.1, -0.05) is 27.5 Å². The summed E-state index contributed by atoms with van der Waals surface area (Å²) in [7, 11) is 0. The average Bonchev–Trinajstić information content (AvgIpc) is 2.42. The summed E-state index contributed by atoms with van der Waals surface area (Å²) in [5.74, 6) is -0.296. The Labute approximate surface area is 134 Å². The third-order valence-electron chi connectivity index (χ3n) is 2.34. The van der Waals surface area contributed by atoms with Gasteiger partial charge in [0.05, 0.1) is 5.69 Å². The molecule has 0 aliphatic carbocycles. The van der Waals surface area contributed by atoms with Gasteiger partial charge in [0.1, 0.15) is 0 Å². The number of hydrogen-bond donors (Lipinski definition) is 2. The first-order valence-electron chi connectivity index (χ1n) is 5.54. The van der Waals surface area contributed by atoms with Gasteiger partial charge in [0, 0.05) is 16.2 Å². The van der Waals surface area contributed by atoms with Crippen molar-refractivity contribution in [3.05, 3.63) is 57.8 Å². The second kappa shape index (κ2) is 6.78. The van der Waals surface area contributed by atoms with E-state index in [4.69, 9.17) is 23.8 Å². The molecule has 1 heterocycles. The first kappa shape index (κ1) is 14.9. The molecule has 0 saturated heterocycles. The predicted molar refractivity (Wildman–Crippen MR) is 87.1 cm³/mol. The summed E-state index contributed by atoms with van der Waals surface area (Å²) in [6.07, 6.45) is 1.57. The number of pyridine rings is 1. The highest BCUT2D eigenvalue weighted by atomic mass is 79.9. The number of benzene rings is 1. The molecule has 0 atom stereocenters. The van der Waals surface area contributed by atoms with E-state index in [1.807, 2.05) is 0 Å². The fraction of sp³-hybridized carbons (Fsp3) is 0. The second-order valence-corrected chi connectivity index (χ2v) is 5.44. The van der Waals surface area contributed by atoms with Crippen LogP contribution in [0.25, 0.3) is 0 Å². The Morgan fingerprint density at radius 2 is 1.95 bits per heavy atom. The highest BCUT2D eigenvalue weighted by Crippen LogP contribution is 2.17. The van der Waals surface area contributed by atoms with Crippen LogP contribution in [0.5, 0.6) is 0 Å². The molecule has 0 aliphatic heterocycles. The summed E-state index contributed by atoms with van der Waals surface area (Å²) in [4.78, 5) is 15.8. The van der Waals surface area contributed by atoms with E-state index in [1.54, 1.807) is 42.6 Å². The van der Waals surface area contributed by atoms with Gasteiger partial charge in [0.2, 0.25) is 0 Å². The molecule has 2 rings (SSSR count). The van der Waals surface area contributed by atoms with E-state index in [-0.39, 0.29) is 16.2 Å². The van der Waals surface area contributed by atoms with E-state index in [2.05, 4.69) is 31.5 Å². The number of aromatic nitrogens is 1. The summed E-state index contributed by atoms with van der Waals surface area (Å²) >= 11 is 14.3. The Bertz CT molecular complexity index is 648. The number of thiocarbonyl (C=S) groups is 1. The van der Waals surface area contributed by atoms with E-state index in [0.717, 1.165) is 4.47 Å². The SMILES string of the molecule is O=C(NC(=S)Nc1cccnc1Cl)c1ccc(Br)cc1. The van der Waals surface area contributed by atoms with Crippen LogP contribution in [0.3, 0.4) is 0 Å². The van der Waals surface area contributed by atoms with Crippen molar-refractivity contribution in [2.24, 2.45) is 0 Å². The molecule has 20 heavy (non-hydrogen) atoms. The van der Waals surface area contributed by atoms with Gasteiger partial charge in [-0.3, -0.25) is 10.1 Å². The molecule has 0 spiro atoms. The first-order valence-corrected chi connectivity index (χ1v) is 7.12. The van der Waals surface area contributed by atoms with Gasteiger partial charge >= 0.3 is 0 Å². The molecule has 2 aromatic rings. The lowest BCUT2D eigenvalue weighted by atomic mass is 10.2. The van der Waals surface area contributed by atoms with Crippen LogP contribution < -0.4 is 10.6 Å². The van der Waals surface area contributed by atoms with Crippen LogP contribution in [0.15, 0.2) is 47.1 Å². The van der Waals surface area contributed by atoms with Crippen LogP contribution >= 0.6 is 39.7 Å². The molecule has 0 aliphatic rings. The van der Waals surface area contributed by atoms with Gasteiger partial charge in [0.15, 0.2) is 10.3 Å². The maximum Gasteiger partial charge on any atom is 0.257 e. The number of halogens is 2. The van der Waals surface area contributed by atoms with Gasteiger partial charge in [-0.2, -0.15) is 0 Å². The predicted octanol–water partition coefficient (Wildman–Crippen LogP) is 3.62. The van der Waals surface area contributed by atoms with E-state index >= 15 is 0 Å². The summed E-state index contributed by atoms with van der Waals surface area (Å²) in [5.41, 5.74) is 1.05. The standard InChI is InChI=1S/C13H9BrClN3OS/c14-9-5-3-8(4-6-9)12(19)18-13(20)17-10-2-1-7-16-11(10)15/h1-7H,(H2,17,18,19,20). The minimum Gasteiger partial charge on any atom is -0.330 e. The lowest BCUT2D eigenvalue weighted by molar-refractivity contribution is 0.0977. The zero-order valence-electron chi connectivity index (χ0n) is 10.1. The summed E-state index contributed by atoms with van der Waals surface area (Å²) < 4.78 is 0.900. The van der Waals surface area contributed by atoms with Gasteiger partial charge in [0.25, 0.3) is 5.91 Å². The molecule has 2 N–H and O–H groups in total. The Morgan fingerprint density at radius 3 is 2.60 bits per heavy atom. The number of nitrogens with one attached hydrogen (secondary N) is 2. The highest BCUT2D eigenvalue weighted by molar-refractivity contribution is 9.10. The first-order chi connectivity index (χ1) is 9.56. The Kier molecular flexibility index (Phi) is 5.05. The number of amides is 1. The normalized spacial score (nSPS) is 9.90. The molecular formula is C13H9BrClN3OS. The number of hydrogen-bond acceptors (Lipinski definition) is 3. The average molecular weight is 371 g/mol. The summed E-state index contributed by atoms with van der Waals surface area (Å²) in [6.45, 7) is 0. The van der Waals surface area contributed by atoms with Crippen LogP contribution in [-0.4, -0.2) is 16.0 Å². The number of carbonyl (C=O) groups excluding carboxylic acids is 1. The molecule has 4 nitrogen and oxygen atoms in total. The highest BCUT2D eigenvalue weighted by Gasteiger charge is 2.09. The summed E-state index contributed by atoms with van der Waals surface area (Å²) in [5, 5.41) is 5.83. The molecule has 1 amide bonds. The van der Waals surface area contributed by atoms with Crippen LogP contribution in [0.1, 0.15) is 10.4 Å². The lowest BCUT2D eigenvalue weighted by Crippen LogP contribution is -2.34. The van der Waals surface area contributed by atoms with Crippen LogP contribution in [-0.2, 0) is 0 Å². The van der Waals surface area contributed by atoms with Gasteiger partial charge < -0.3 is 5.32 Å². The molecule has 1 aromatic heterocycles. The molecular weight excluding hydrogens is 362 g/mol. The second-order valence-electron chi connectivity index (χ2n) is 3.76. The van der Waals surface area contributed by atoms with E-state index in [1.165, 1.54) is 0 Å². The number of anilines is 1. The van der Waals surface area contributed by atoms with Crippen molar-refractivity contribution in [2.75, 3.05) is 5.32 Å². The van der Waals surface area contributed by atoms with E-state index in [9.17, 15) is 4.79 Å². The largest absolute Gasteiger partial charge is 0.330 e.